The molecule has 0 N–H and O–H groups in total. The van der Waals surface area contributed by atoms with Gasteiger partial charge >= 0.3 is 0 Å². The van der Waals surface area contributed by atoms with Crippen LogP contribution in [-0.2, 0) is 9.84 Å². The van der Waals surface area contributed by atoms with Gasteiger partial charge in [-0.3, -0.25) is 4.57 Å². The number of para-hydroxylation sites is 4. The lowest BCUT2D eigenvalue weighted by atomic mass is 10.1. The molecular formula is C40H24N6O2S. The summed E-state index contributed by atoms with van der Waals surface area (Å²) in [4.78, 5) is 17.1. The maximum Gasteiger partial charge on any atom is 0.238 e. The molecule has 0 aliphatic carbocycles. The van der Waals surface area contributed by atoms with Gasteiger partial charge < -0.3 is 4.90 Å². The zero-order valence-corrected chi connectivity index (χ0v) is 26.6. The van der Waals surface area contributed by atoms with E-state index >= 15 is 0 Å². The summed E-state index contributed by atoms with van der Waals surface area (Å²) < 4.78 is 29.2. The number of rotatable bonds is 4. The van der Waals surface area contributed by atoms with E-state index in [4.69, 9.17) is 15.0 Å². The maximum atomic E-state index is 13.6. The van der Waals surface area contributed by atoms with Crippen LogP contribution in [0.2, 0.25) is 0 Å². The van der Waals surface area contributed by atoms with Crippen LogP contribution in [0.3, 0.4) is 0 Å². The SMILES string of the molecule is N#Cc1cc(-c2nc(-c3ccccc3)nc(-n3c4ccccc4c4ccccc43)n2)ccc1N1c2ccccc2S(=O)(=O)c2ccccc21. The Kier molecular flexibility index (Phi) is 6.40. The summed E-state index contributed by atoms with van der Waals surface area (Å²) in [7, 11) is -3.76. The van der Waals surface area contributed by atoms with Crippen molar-refractivity contribution in [2.24, 2.45) is 0 Å². The molecule has 0 radical (unpaired) electrons. The van der Waals surface area contributed by atoms with Gasteiger partial charge in [-0.15, -0.1) is 0 Å². The first-order valence-corrected chi connectivity index (χ1v) is 17.1. The number of nitrogens with zero attached hydrogens (tertiary/aromatic N) is 6. The molecule has 9 rings (SSSR count). The Morgan fingerprint density at radius 2 is 1.06 bits per heavy atom. The average molecular weight is 653 g/mol. The van der Waals surface area contributed by atoms with E-state index < -0.39 is 9.84 Å². The monoisotopic (exact) mass is 652 g/mol. The van der Waals surface area contributed by atoms with Gasteiger partial charge in [-0.1, -0.05) is 91.0 Å². The summed E-state index contributed by atoms with van der Waals surface area (Å²) in [5.74, 6) is 1.35. The number of sulfone groups is 1. The second-order valence-electron chi connectivity index (χ2n) is 11.6. The Bertz CT molecular complexity index is 2660. The first-order valence-electron chi connectivity index (χ1n) is 15.6. The second-order valence-corrected chi connectivity index (χ2v) is 13.5. The van der Waals surface area contributed by atoms with Gasteiger partial charge in [0, 0.05) is 21.9 Å². The fraction of sp³-hybridized carbons (Fsp3) is 0. The summed E-state index contributed by atoms with van der Waals surface area (Å²) in [6.45, 7) is 0. The molecule has 0 spiro atoms. The largest absolute Gasteiger partial charge is 0.307 e. The van der Waals surface area contributed by atoms with Crippen molar-refractivity contribution in [2.75, 3.05) is 4.90 Å². The predicted octanol–water partition coefficient (Wildman–Crippen LogP) is 8.79. The smallest absolute Gasteiger partial charge is 0.238 e. The molecule has 8 nitrogen and oxygen atoms in total. The number of hydrogen-bond acceptors (Lipinski definition) is 7. The third kappa shape index (κ3) is 4.43. The highest BCUT2D eigenvalue weighted by Crippen LogP contribution is 2.49. The van der Waals surface area contributed by atoms with Gasteiger partial charge in [0.1, 0.15) is 6.07 Å². The molecule has 49 heavy (non-hydrogen) atoms. The third-order valence-corrected chi connectivity index (χ3v) is 10.7. The summed E-state index contributed by atoms with van der Waals surface area (Å²) in [5.41, 5.74) is 5.20. The number of benzene rings is 6. The van der Waals surface area contributed by atoms with Crippen molar-refractivity contribution in [3.8, 4) is 34.8 Å². The lowest BCUT2D eigenvalue weighted by Crippen LogP contribution is -2.22. The zero-order chi connectivity index (χ0) is 33.1. The minimum atomic E-state index is -3.76. The van der Waals surface area contributed by atoms with Crippen molar-refractivity contribution in [1.29, 1.82) is 5.26 Å². The van der Waals surface area contributed by atoms with Crippen LogP contribution in [0.4, 0.5) is 17.1 Å². The summed E-state index contributed by atoms with van der Waals surface area (Å²) in [5, 5.41) is 12.7. The van der Waals surface area contributed by atoms with Gasteiger partial charge in [0.15, 0.2) is 11.6 Å². The molecule has 9 heteroatoms. The molecule has 8 aromatic rings. The topological polar surface area (TPSA) is 105 Å². The van der Waals surface area contributed by atoms with Crippen LogP contribution in [0.15, 0.2) is 155 Å². The van der Waals surface area contributed by atoms with E-state index in [9.17, 15) is 13.7 Å². The van der Waals surface area contributed by atoms with Gasteiger partial charge in [0.25, 0.3) is 0 Å². The second kappa shape index (κ2) is 11.0. The molecule has 0 bridgehead atoms. The molecule has 0 saturated carbocycles. The van der Waals surface area contributed by atoms with Gasteiger partial charge in [0.05, 0.1) is 43.4 Å². The maximum absolute atomic E-state index is 13.6. The molecule has 0 amide bonds. The van der Waals surface area contributed by atoms with Crippen molar-refractivity contribution in [3.05, 3.63) is 151 Å². The Hall–Kier alpha value is -6.63. The summed E-state index contributed by atoms with van der Waals surface area (Å²) in [6.07, 6.45) is 0. The molecule has 1 aliphatic rings. The molecular weight excluding hydrogens is 629 g/mol. The average Bonchev–Trinajstić information content (AvgIpc) is 3.50. The minimum absolute atomic E-state index is 0.183. The predicted molar refractivity (Wildman–Crippen MR) is 190 cm³/mol. The van der Waals surface area contributed by atoms with Crippen LogP contribution in [0.1, 0.15) is 5.56 Å². The third-order valence-electron chi connectivity index (χ3n) is 8.84. The van der Waals surface area contributed by atoms with Gasteiger partial charge in [-0.05, 0) is 54.6 Å². The number of aromatic nitrogens is 4. The summed E-state index contributed by atoms with van der Waals surface area (Å²) >= 11 is 0. The first kappa shape index (κ1) is 28.6. The Morgan fingerprint density at radius 1 is 0.531 bits per heavy atom. The van der Waals surface area contributed by atoms with E-state index in [2.05, 4.69) is 30.3 Å². The molecule has 6 aromatic carbocycles. The highest BCUT2D eigenvalue weighted by atomic mass is 32.2. The minimum Gasteiger partial charge on any atom is -0.307 e. The highest BCUT2D eigenvalue weighted by molar-refractivity contribution is 7.92. The van der Waals surface area contributed by atoms with Gasteiger partial charge in [0.2, 0.25) is 15.8 Å². The number of fused-ring (bicyclic) bond motifs is 5. The normalized spacial score (nSPS) is 13.2. The number of anilines is 3. The van der Waals surface area contributed by atoms with Crippen LogP contribution >= 0.6 is 0 Å². The summed E-state index contributed by atoms with van der Waals surface area (Å²) in [6, 6.07) is 47.6. The van der Waals surface area contributed by atoms with Crippen molar-refractivity contribution in [1.82, 2.24) is 19.5 Å². The van der Waals surface area contributed by atoms with E-state index in [0.717, 1.165) is 27.4 Å². The van der Waals surface area contributed by atoms with Crippen molar-refractivity contribution in [3.63, 3.8) is 0 Å². The van der Waals surface area contributed by atoms with E-state index in [0.29, 0.717) is 45.8 Å². The van der Waals surface area contributed by atoms with Crippen LogP contribution < -0.4 is 4.90 Å². The molecule has 0 atom stereocenters. The molecule has 0 unspecified atom stereocenters. The molecule has 2 aromatic heterocycles. The van der Waals surface area contributed by atoms with Crippen molar-refractivity contribution >= 4 is 48.7 Å². The van der Waals surface area contributed by atoms with Crippen LogP contribution in [0.5, 0.6) is 0 Å². The molecule has 3 heterocycles. The molecule has 0 saturated heterocycles. The molecule has 232 valence electrons. The number of hydrogen-bond donors (Lipinski definition) is 0. The standard InChI is InChI=1S/C40H24N6O2S/c41-25-28-24-27(22-23-31(28)45-34-18-8-10-20-36(34)49(47,48)37-21-11-9-19-35(37)45)39-42-38(26-12-2-1-3-13-26)43-40(44-39)46-32-16-6-4-14-29(32)30-15-5-7-17-33(30)46/h1-24H. The fourth-order valence-corrected chi connectivity index (χ4v) is 8.28. The van der Waals surface area contributed by atoms with Gasteiger partial charge in [-0.25, -0.2) is 13.4 Å². The Morgan fingerprint density at radius 3 is 1.67 bits per heavy atom. The van der Waals surface area contributed by atoms with E-state index in [1.54, 1.807) is 54.6 Å². The van der Waals surface area contributed by atoms with E-state index in [-0.39, 0.29) is 9.79 Å². The fourth-order valence-electron chi connectivity index (χ4n) is 6.65. The van der Waals surface area contributed by atoms with Gasteiger partial charge in [-0.2, -0.15) is 15.2 Å². The van der Waals surface area contributed by atoms with Crippen LogP contribution in [0, 0.1) is 11.3 Å². The molecule has 0 fully saturated rings. The highest BCUT2D eigenvalue weighted by Gasteiger charge is 2.35. The Balaban J connectivity index is 1.26. The van der Waals surface area contributed by atoms with Crippen LogP contribution in [0.25, 0.3) is 50.5 Å². The van der Waals surface area contributed by atoms with E-state index in [1.807, 2.05) is 76.2 Å². The quantitative estimate of drug-likeness (QED) is 0.187. The van der Waals surface area contributed by atoms with Crippen molar-refractivity contribution < 1.29 is 8.42 Å². The van der Waals surface area contributed by atoms with Crippen molar-refractivity contribution in [2.45, 2.75) is 9.79 Å². The lowest BCUT2D eigenvalue weighted by molar-refractivity contribution is 0.595. The number of nitriles is 1. The lowest BCUT2D eigenvalue weighted by Gasteiger charge is -2.33. The zero-order valence-electron chi connectivity index (χ0n) is 25.8. The van der Waals surface area contributed by atoms with Crippen LogP contribution in [-0.4, -0.2) is 27.9 Å². The molecule has 1 aliphatic heterocycles. The first-order chi connectivity index (χ1) is 24.0. The Labute approximate surface area is 281 Å². The van der Waals surface area contributed by atoms with E-state index in [1.165, 1.54) is 0 Å².